The van der Waals surface area contributed by atoms with Gasteiger partial charge < -0.3 is 9.30 Å². The SMILES string of the molecule is Cc1ccc(OCc2nnc(SCc3ccccc3C)n2C)c(C)c1. The predicted octanol–water partition coefficient (Wildman–Crippen LogP) is 4.61. The number of hydrogen-bond acceptors (Lipinski definition) is 4. The minimum Gasteiger partial charge on any atom is -0.485 e. The molecule has 4 nitrogen and oxygen atoms in total. The van der Waals surface area contributed by atoms with E-state index in [4.69, 9.17) is 4.74 Å². The first-order valence-corrected chi connectivity index (χ1v) is 9.29. The van der Waals surface area contributed by atoms with Gasteiger partial charge in [-0.2, -0.15) is 0 Å². The van der Waals surface area contributed by atoms with Crippen molar-refractivity contribution in [1.29, 1.82) is 0 Å². The molecule has 3 aromatic rings. The van der Waals surface area contributed by atoms with Crippen LogP contribution in [0.1, 0.15) is 28.1 Å². The van der Waals surface area contributed by atoms with E-state index in [9.17, 15) is 0 Å². The van der Waals surface area contributed by atoms with Crippen LogP contribution in [0.2, 0.25) is 0 Å². The Morgan fingerprint density at radius 2 is 1.80 bits per heavy atom. The van der Waals surface area contributed by atoms with Gasteiger partial charge in [0.05, 0.1) is 0 Å². The quantitative estimate of drug-likeness (QED) is 0.607. The van der Waals surface area contributed by atoms with Crippen molar-refractivity contribution in [3.8, 4) is 5.75 Å². The molecule has 0 radical (unpaired) electrons. The summed E-state index contributed by atoms with van der Waals surface area (Å²) in [5.41, 5.74) is 4.99. The van der Waals surface area contributed by atoms with Gasteiger partial charge in [-0.25, -0.2) is 0 Å². The van der Waals surface area contributed by atoms with Gasteiger partial charge >= 0.3 is 0 Å². The van der Waals surface area contributed by atoms with Gasteiger partial charge in [-0.3, -0.25) is 0 Å². The van der Waals surface area contributed by atoms with Gasteiger partial charge in [0.2, 0.25) is 0 Å². The van der Waals surface area contributed by atoms with Crippen LogP contribution >= 0.6 is 11.8 Å². The largest absolute Gasteiger partial charge is 0.485 e. The van der Waals surface area contributed by atoms with Crippen molar-refractivity contribution in [3.63, 3.8) is 0 Å². The van der Waals surface area contributed by atoms with Crippen LogP contribution in [0.5, 0.6) is 5.75 Å². The van der Waals surface area contributed by atoms with E-state index in [2.05, 4.69) is 67.4 Å². The minimum atomic E-state index is 0.415. The van der Waals surface area contributed by atoms with E-state index < -0.39 is 0 Å². The zero-order chi connectivity index (χ0) is 17.8. The molecule has 0 bridgehead atoms. The van der Waals surface area contributed by atoms with Gasteiger partial charge in [0, 0.05) is 12.8 Å². The molecule has 0 saturated carbocycles. The first kappa shape index (κ1) is 17.5. The number of hydrogen-bond donors (Lipinski definition) is 0. The summed E-state index contributed by atoms with van der Waals surface area (Å²) in [5.74, 6) is 2.60. The van der Waals surface area contributed by atoms with Crippen molar-refractivity contribution < 1.29 is 4.74 Å². The summed E-state index contributed by atoms with van der Waals surface area (Å²) in [6.07, 6.45) is 0. The second-order valence-corrected chi connectivity index (χ2v) is 7.17. The lowest BCUT2D eigenvalue weighted by molar-refractivity contribution is 0.288. The Morgan fingerprint density at radius 3 is 2.56 bits per heavy atom. The molecule has 25 heavy (non-hydrogen) atoms. The molecule has 0 unspecified atom stereocenters. The number of benzene rings is 2. The van der Waals surface area contributed by atoms with Crippen molar-refractivity contribution in [2.75, 3.05) is 0 Å². The lowest BCUT2D eigenvalue weighted by Crippen LogP contribution is -2.05. The average molecular weight is 353 g/mol. The smallest absolute Gasteiger partial charge is 0.191 e. The fraction of sp³-hybridized carbons (Fsp3) is 0.300. The highest BCUT2D eigenvalue weighted by molar-refractivity contribution is 7.98. The summed E-state index contributed by atoms with van der Waals surface area (Å²) in [7, 11) is 1.99. The molecule has 1 heterocycles. The van der Waals surface area contributed by atoms with Crippen LogP contribution in [-0.4, -0.2) is 14.8 Å². The van der Waals surface area contributed by atoms with Gasteiger partial charge in [0.1, 0.15) is 12.4 Å². The van der Waals surface area contributed by atoms with Crippen molar-refractivity contribution in [2.45, 2.75) is 38.3 Å². The Hall–Kier alpha value is -2.27. The van der Waals surface area contributed by atoms with E-state index in [1.54, 1.807) is 11.8 Å². The third kappa shape index (κ3) is 4.23. The molecular formula is C20H23N3OS. The fourth-order valence-corrected chi connectivity index (χ4v) is 3.62. The first-order valence-electron chi connectivity index (χ1n) is 8.30. The molecule has 0 aliphatic carbocycles. The number of rotatable bonds is 6. The molecular weight excluding hydrogens is 330 g/mol. The molecule has 0 N–H and O–H groups in total. The molecule has 0 atom stereocenters. The van der Waals surface area contributed by atoms with E-state index in [1.807, 2.05) is 17.7 Å². The number of thioether (sulfide) groups is 1. The van der Waals surface area contributed by atoms with Gasteiger partial charge in [-0.05, 0) is 43.5 Å². The van der Waals surface area contributed by atoms with Gasteiger partial charge in [-0.15, -0.1) is 10.2 Å². The highest BCUT2D eigenvalue weighted by Crippen LogP contribution is 2.24. The molecule has 2 aromatic carbocycles. The van der Waals surface area contributed by atoms with Crippen molar-refractivity contribution >= 4 is 11.8 Å². The van der Waals surface area contributed by atoms with Gasteiger partial charge in [0.25, 0.3) is 0 Å². The number of aryl methyl sites for hydroxylation is 3. The Labute approximate surface area is 153 Å². The Morgan fingerprint density at radius 1 is 1.00 bits per heavy atom. The Balaban J connectivity index is 1.64. The summed E-state index contributed by atoms with van der Waals surface area (Å²) >= 11 is 1.70. The van der Waals surface area contributed by atoms with Gasteiger partial charge in [0.15, 0.2) is 11.0 Å². The van der Waals surface area contributed by atoms with Crippen LogP contribution in [0.4, 0.5) is 0 Å². The van der Waals surface area contributed by atoms with E-state index >= 15 is 0 Å². The average Bonchev–Trinajstić information content (AvgIpc) is 2.94. The first-order chi connectivity index (χ1) is 12.0. The molecule has 1 aromatic heterocycles. The summed E-state index contributed by atoms with van der Waals surface area (Å²) in [5, 5.41) is 9.49. The standard InChI is InChI=1S/C20H23N3OS/c1-14-9-10-18(16(3)11-14)24-12-19-21-22-20(23(19)4)25-13-17-8-6-5-7-15(17)2/h5-11H,12-13H2,1-4H3. The van der Waals surface area contributed by atoms with Crippen LogP contribution in [0, 0.1) is 20.8 Å². The second-order valence-electron chi connectivity index (χ2n) is 6.23. The minimum absolute atomic E-state index is 0.415. The van der Waals surface area contributed by atoms with Crippen molar-refractivity contribution in [3.05, 3.63) is 70.5 Å². The van der Waals surface area contributed by atoms with E-state index in [0.29, 0.717) is 6.61 Å². The van der Waals surface area contributed by atoms with Crippen LogP contribution in [0.15, 0.2) is 47.6 Å². The fourth-order valence-electron chi connectivity index (χ4n) is 2.61. The second kappa shape index (κ2) is 7.74. The lowest BCUT2D eigenvalue weighted by atomic mass is 10.1. The zero-order valence-corrected chi connectivity index (χ0v) is 15.9. The Bertz CT molecular complexity index is 873. The summed E-state index contributed by atoms with van der Waals surface area (Å²) in [6, 6.07) is 14.6. The maximum atomic E-state index is 5.92. The molecule has 0 fully saturated rings. The van der Waals surface area contributed by atoms with Gasteiger partial charge in [-0.1, -0.05) is 53.7 Å². The van der Waals surface area contributed by atoms with E-state index in [0.717, 1.165) is 28.0 Å². The predicted molar refractivity (Wildman–Crippen MR) is 102 cm³/mol. The highest BCUT2D eigenvalue weighted by Gasteiger charge is 2.11. The molecule has 0 aliphatic rings. The molecule has 0 spiro atoms. The topological polar surface area (TPSA) is 39.9 Å². The number of nitrogens with zero attached hydrogens (tertiary/aromatic N) is 3. The molecule has 5 heteroatoms. The Kier molecular flexibility index (Phi) is 5.43. The van der Waals surface area contributed by atoms with Crippen LogP contribution in [0.3, 0.4) is 0 Å². The van der Waals surface area contributed by atoms with Crippen LogP contribution < -0.4 is 4.74 Å². The summed E-state index contributed by atoms with van der Waals surface area (Å²) in [6.45, 7) is 6.69. The normalized spacial score (nSPS) is 10.9. The third-order valence-corrected chi connectivity index (χ3v) is 5.30. The van der Waals surface area contributed by atoms with E-state index in [-0.39, 0.29) is 0 Å². The number of ether oxygens (including phenoxy) is 1. The molecule has 0 amide bonds. The van der Waals surface area contributed by atoms with Crippen LogP contribution in [-0.2, 0) is 19.4 Å². The maximum Gasteiger partial charge on any atom is 0.191 e. The van der Waals surface area contributed by atoms with Crippen molar-refractivity contribution in [1.82, 2.24) is 14.8 Å². The molecule has 3 rings (SSSR count). The molecule has 0 aliphatic heterocycles. The molecule has 130 valence electrons. The molecule has 0 saturated heterocycles. The maximum absolute atomic E-state index is 5.92. The highest BCUT2D eigenvalue weighted by atomic mass is 32.2. The lowest BCUT2D eigenvalue weighted by Gasteiger charge is -2.10. The zero-order valence-electron chi connectivity index (χ0n) is 15.1. The summed E-state index contributed by atoms with van der Waals surface area (Å²) in [4.78, 5) is 0. The van der Waals surface area contributed by atoms with Crippen molar-refractivity contribution in [2.24, 2.45) is 7.05 Å². The summed E-state index contributed by atoms with van der Waals surface area (Å²) < 4.78 is 7.93. The third-order valence-electron chi connectivity index (χ3n) is 4.23. The van der Waals surface area contributed by atoms with Crippen LogP contribution in [0.25, 0.3) is 0 Å². The monoisotopic (exact) mass is 353 g/mol. The number of aromatic nitrogens is 3. The van der Waals surface area contributed by atoms with E-state index in [1.165, 1.54) is 16.7 Å².